The molecule has 22 heavy (non-hydrogen) atoms. The second kappa shape index (κ2) is 7.71. The summed E-state index contributed by atoms with van der Waals surface area (Å²) in [5.41, 5.74) is 1.98. The molecule has 0 aliphatic rings. The number of carboxylic acid groups (broad SMARTS) is 1. The minimum absolute atomic E-state index is 0.102. The van der Waals surface area contributed by atoms with Gasteiger partial charge in [-0.2, -0.15) is 0 Å². The molecule has 0 aliphatic carbocycles. The molecule has 5 heteroatoms. The van der Waals surface area contributed by atoms with E-state index in [1.807, 2.05) is 24.3 Å². The van der Waals surface area contributed by atoms with Crippen molar-refractivity contribution in [2.75, 3.05) is 11.9 Å². The molecule has 2 aromatic carbocycles. The van der Waals surface area contributed by atoms with Crippen LogP contribution in [0.1, 0.15) is 29.3 Å². The number of hydrogen-bond donors (Lipinski definition) is 2. The molecule has 0 bridgehead atoms. The van der Waals surface area contributed by atoms with E-state index in [0.29, 0.717) is 13.2 Å². The Morgan fingerprint density at radius 3 is 2.55 bits per heavy atom. The number of nitrogens with one attached hydrogen (secondary N) is 1. The highest BCUT2D eigenvalue weighted by Gasteiger charge is 2.08. The molecule has 0 aromatic heterocycles. The Bertz CT molecular complexity index is 641. The Hall–Kier alpha value is -2.20. The molecule has 2 rings (SSSR count). The predicted molar refractivity (Wildman–Crippen MR) is 88.0 cm³/mol. The minimum atomic E-state index is -1.03. The van der Waals surface area contributed by atoms with E-state index in [2.05, 4.69) is 12.2 Å². The maximum absolute atomic E-state index is 10.9. The van der Waals surface area contributed by atoms with Crippen LogP contribution in [-0.2, 0) is 6.54 Å². The minimum Gasteiger partial charge on any atom is -0.494 e. The van der Waals surface area contributed by atoms with E-state index in [-0.39, 0.29) is 10.6 Å². The summed E-state index contributed by atoms with van der Waals surface area (Å²) in [4.78, 5) is 10.9. The zero-order valence-electron chi connectivity index (χ0n) is 12.3. The van der Waals surface area contributed by atoms with Gasteiger partial charge in [-0.15, -0.1) is 0 Å². The van der Waals surface area contributed by atoms with Crippen molar-refractivity contribution in [2.24, 2.45) is 0 Å². The summed E-state index contributed by atoms with van der Waals surface area (Å²) in [6.07, 6.45) is 0.983. The molecule has 2 N–H and O–H groups in total. The van der Waals surface area contributed by atoms with Gasteiger partial charge >= 0.3 is 5.97 Å². The molecule has 0 fully saturated rings. The van der Waals surface area contributed by atoms with E-state index in [1.165, 1.54) is 6.07 Å². The lowest BCUT2D eigenvalue weighted by Gasteiger charge is -2.09. The fourth-order valence-electron chi connectivity index (χ4n) is 1.93. The molecule has 2 aromatic rings. The maximum atomic E-state index is 10.9. The van der Waals surface area contributed by atoms with Crippen molar-refractivity contribution in [1.29, 1.82) is 0 Å². The molecule has 0 saturated carbocycles. The van der Waals surface area contributed by atoms with Crippen molar-refractivity contribution < 1.29 is 14.6 Å². The molecule has 0 radical (unpaired) electrons. The van der Waals surface area contributed by atoms with Gasteiger partial charge in [0.15, 0.2) is 0 Å². The molecule has 0 heterocycles. The molecule has 0 atom stereocenters. The monoisotopic (exact) mass is 319 g/mol. The number of aromatic carboxylic acids is 1. The highest BCUT2D eigenvalue weighted by Crippen LogP contribution is 2.22. The maximum Gasteiger partial charge on any atom is 0.337 e. The Labute approximate surface area is 134 Å². The quantitative estimate of drug-likeness (QED) is 0.792. The lowest BCUT2D eigenvalue weighted by molar-refractivity contribution is 0.0697. The first-order valence-corrected chi connectivity index (χ1v) is 7.46. The molecule has 0 aliphatic heterocycles. The van der Waals surface area contributed by atoms with Crippen LogP contribution in [0.3, 0.4) is 0 Å². The van der Waals surface area contributed by atoms with Crippen LogP contribution in [0, 0.1) is 0 Å². The third-order valence-electron chi connectivity index (χ3n) is 3.09. The Morgan fingerprint density at radius 2 is 1.95 bits per heavy atom. The smallest absolute Gasteiger partial charge is 0.337 e. The average molecular weight is 320 g/mol. The normalized spacial score (nSPS) is 10.3. The number of carboxylic acids is 1. The van der Waals surface area contributed by atoms with Gasteiger partial charge in [0, 0.05) is 12.2 Å². The first kappa shape index (κ1) is 16.2. The van der Waals surface area contributed by atoms with Crippen LogP contribution in [0.25, 0.3) is 0 Å². The Balaban J connectivity index is 1.95. The van der Waals surface area contributed by atoms with Crippen LogP contribution < -0.4 is 10.1 Å². The summed E-state index contributed by atoms with van der Waals surface area (Å²) in [6.45, 7) is 3.40. The van der Waals surface area contributed by atoms with Gasteiger partial charge in [0.25, 0.3) is 0 Å². The number of ether oxygens (including phenoxy) is 1. The largest absolute Gasteiger partial charge is 0.494 e. The van der Waals surface area contributed by atoms with Gasteiger partial charge in [0.1, 0.15) is 5.75 Å². The number of anilines is 1. The molecular weight excluding hydrogens is 302 g/mol. The summed E-state index contributed by atoms with van der Waals surface area (Å²) < 4.78 is 5.53. The van der Waals surface area contributed by atoms with Gasteiger partial charge in [-0.1, -0.05) is 30.7 Å². The molecule has 0 spiro atoms. The summed E-state index contributed by atoms with van der Waals surface area (Å²) in [5.74, 6) is -0.168. The lowest BCUT2D eigenvalue weighted by atomic mass is 10.2. The SMILES string of the molecule is CCCOc1ccc(CNc2ccc(C(=O)O)c(Cl)c2)cc1. The number of carbonyl (C=O) groups is 1. The van der Waals surface area contributed by atoms with Gasteiger partial charge in [0.2, 0.25) is 0 Å². The second-order valence-corrected chi connectivity index (χ2v) is 5.25. The van der Waals surface area contributed by atoms with Gasteiger partial charge < -0.3 is 15.2 Å². The first-order valence-electron chi connectivity index (χ1n) is 7.08. The van der Waals surface area contributed by atoms with E-state index < -0.39 is 5.97 Å². The molecular formula is C17H18ClNO3. The zero-order valence-corrected chi connectivity index (χ0v) is 13.1. The van der Waals surface area contributed by atoms with Gasteiger partial charge in [0.05, 0.1) is 17.2 Å². The van der Waals surface area contributed by atoms with Crippen LogP contribution in [-0.4, -0.2) is 17.7 Å². The van der Waals surface area contributed by atoms with Crippen molar-refractivity contribution in [3.63, 3.8) is 0 Å². The van der Waals surface area contributed by atoms with Gasteiger partial charge in [-0.3, -0.25) is 0 Å². The number of hydrogen-bond acceptors (Lipinski definition) is 3. The van der Waals surface area contributed by atoms with E-state index in [0.717, 1.165) is 23.4 Å². The van der Waals surface area contributed by atoms with Crippen molar-refractivity contribution in [2.45, 2.75) is 19.9 Å². The van der Waals surface area contributed by atoms with E-state index in [4.69, 9.17) is 21.4 Å². The van der Waals surface area contributed by atoms with Crippen LogP contribution in [0.4, 0.5) is 5.69 Å². The molecule has 4 nitrogen and oxygen atoms in total. The molecule has 0 unspecified atom stereocenters. The van der Waals surface area contributed by atoms with Crippen LogP contribution in [0.2, 0.25) is 5.02 Å². The molecule has 0 amide bonds. The molecule has 116 valence electrons. The fourth-order valence-corrected chi connectivity index (χ4v) is 2.19. The number of benzene rings is 2. The highest BCUT2D eigenvalue weighted by atomic mass is 35.5. The summed E-state index contributed by atoms with van der Waals surface area (Å²) in [5, 5.41) is 12.4. The van der Waals surface area contributed by atoms with Crippen molar-refractivity contribution in [1.82, 2.24) is 0 Å². The topological polar surface area (TPSA) is 58.6 Å². The van der Waals surface area contributed by atoms with Crippen molar-refractivity contribution >= 4 is 23.3 Å². The van der Waals surface area contributed by atoms with Crippen LogP contribution in [0.5, 0.6) is 5.75 Å². The standard InChI is InChI=1S/C17H18ClNO3/c1-2-9-22-14-6-3-12(4-7-14)11-19-13-5-8-15(17(20)21)16(18)10-13/h3-8,10,19H,2,9,11H2,1H3,(H,20,21). The second-order valence-electron chi connectivity index (χ2n) is 4.85. The Morgan fingerprint density at radius 1 is 1.23 bits per heavy atom. The van der Waals surface area contributed by atoms with E-state index >= 15 is 0 Å². The number of rotatable bonds is 7. The first-order chi connectivity index (χ1) is 10.6. The molecule has 0 saturated heterocycles. The van der Waals surface area contributed by atoms with Crippen LogP contribution in [0.15, 0.2) is 42.5 Å². The Kier molecular flexibility index (Phi) is 5.67. The third kappa shape index (κ3) is 4.40. The highest BCUT2D eigenvalue weighted by molar-refractivity contribution is 6.33. The average Bonchev–Trinajstić information content (AvgIpc) is 2.51. The van der Waals surface area contributed by atoms with Crippen LogP contribution >= 0.6 is 11.6 Å². The number of halogens is 1. The zero-order chi connectivity index (χ0) is 15.9. The fraction of sp³-hybridized carbons (Fsp3) is 0.235. The van der Waals surface area contributed by atoms with Gasteiger partial charge in [-0.25, -0.2) is 4.79 Å². The third-order valence-corrected chi connectivity index (χ3v) is 3.41. The van der Waals surface area contributed by atoms with E-state index in [9.17, 15) is 4.79 Å². The summed E-state index contributed by atoms with van der Waals surface area (Å²) in [6, 6.07) is 12.7. The van der Waals surface area contributed by atoms with E-state index in [1.54, 1.807) is 12.1 Å². The lowest BCUT2D eigenvalue weighted by Crippen LogP contribution is -2.02. The summed E-state index contributed by atoms with van der Waals surface area (Å²) in [7, 11) is 0. The summed E-state index contributed by atoms with van der Waals surface area (Å²) >= 11 is 5.94. The van der Waals surface area contributed by atoms with Crippen molar-refractivity contribution in [3.05, 3.63) is 58.6 Å². The predicted octanol–water partition coefficient (Wildman–Crippen LogP) is 4.44. The van der Waals surface area contributed by atoms with Crippen molar-refractivity contribution in [3.8, 4) is 5.75 Å². The van der Waals surface area contributed by atoms with Gasteiger partial charge in [-0.05, 0) is 42.3 Å².